The molecule has 132 valence electrons. The van der Waals surface area contributed by atoms with Crippen molar-refractivity contribution in [2.45, 2.75) is 32.4 Å². The molecule has 25 heavy (non-hydrogen) atoms. The van der Waals surface area contributed by atoms with Crippen molar-refractivity contribution in [1.82, 2.24) is 19.7 Å². The number of aromatic nitrogens is 4. The highest BCUT2D eigenvalue weighted by Crippen LogP contribution is 2.24. The summed E-state index contributed by atoms with van der Waals surface area (Å²) < 4.78 is 24.0. The Morgan fingerprint density at radius 2 is 2.00 bits per heavy atom. The Balaban J connectivity index is 1.95. The quantitative estimate of drug-likeness (QED) is 0.660. The fourth-order valence-corrected chi connectivity index (χ4v) is 2.46. The molecular weight excluding hydrogens is 314 g/mol. The number of hydrogen-bond acceptors (Lipinski definition) is 6. The molecule has 0 unspecified atom stereocenters. The fourth-order valence-electron chi connectivity index (χ4n) is 2.46. The first-order valence-corrected chi connectivity index (χ1v) is 8.13. The third kappa shape index (κ3) is 4.06. The molecule has 7 nitrogen and oxygen atoms in total. The summed E-state index contributed by atoms with van der Waals surface area (Å²) in [5.74, 6) is 0.806. The van der Waals surface area contributed by atoms with Gasteiger partial charge in [0.1, 0.15) is 5.82 Å². The van der Waals surface area contributed by atoms with Gasteiger partial charge >= 0.3 is 0 Å². The van der Waals surface area contributed by atoms with E-state index in [1.165, 1.54) is 6.20 Å². The minimum Gasteiger partial charge on any atom is -0.365 e. The van der Waals surface area contributed by atoms with Gasteiger partial charge in [0.05, 0.1) is 11.6 Å². The molecule has 0 fully saturated rings. The molecule has 1 atom stereocenters. The van der Waals surface area contributed by atoms with Crippen LogP contribution in [0.3, 0.4) is 0 Å². The van der Waals surface area contributed by atoms with Crippen molar-refractivity contribution >= 4 is 22.8 Å². The first-order chi connectivity index (χ1) is 13.0. The van der Waals surface area contributed by atoms with Crippen LogP contribution in [0.1, 0.15) is 36.5 Å². The molecule has 3 rings (SSSR count). The highest BCUT2D eigenvalue weighted by Gasteiger charge is 2.17. The smallest absolute Gasteiger partial charge is 0.226 e. The molecule has 2 aromatic heterocycles. The molecule has 0 aliphatic carbocycles. The number of nitrogens with zero attached hydrogens (tertiary/aromatic N) is 4. The molecule has 7 heteroatoms. The van der Waals surface area contributed by atoms with Gasteiger partial charge in [0.2, 0.25) is 5.95 Å². The largest absolute Gasteiger partial charge is 0.365 e. The third-order valence-corrected chi connectivity index (χ3v) is 3.63. The van der Waals surface area contributed by atoms with Gasteiger partial charge in [-0.3, -0.25) is 4.68 Å². The predicted molar refractivity (Wildman–Crippen MR) is 102 cm³/mol. The second kappa shape index (κ2) is 6.68. The molecule has 0 bridgehead atoms. The number of aryl methyl sites for hydroxylation is 1. The van der Waals surface area contributed by atoms with Crippen molar-refractivity contribution in [3.8, 4) is 0 Å². The van der Waals surface area contributed by atoms with Crippen molar-refractivity contribution in [2.24, 2.45) is 12.7 Å². The Labute approximate surface area is 151 Å². The predicted octanol–water partition coefficient (Wildman–Crippen LogP) is 2.69. The number of benzene rings is 1. The topological polar surface area (TPSA) is 93.7 Å². The van der Waals surface area contributed by atoms with Crippen LogP contribution in [-0.4, -0.2) is 31.8 Å². The molecule has 1 aromatic carbocycles. The molecule has 0 radical (unpaired) electrons. The van der Waals surface area contributed by atoms with Crippen LogP contribution in [0.25, 0.3) is 11.0 Å². The van der Waals surface area contributed by atoms with E-state index in [1.54, 1.807) is 0 Å². The Bertz CT molecular complexity index is 945. The normalized spacial score (nSPS) is 15.3. The lowest BCUT2D eigenvalue weighted by Crippen LogP contribution is -2.27. The zero-order valence-corrected chi connectivity index (χ0v) is 14.6. The van der Waals surface area contributed by atoms with Crippen molar-refractivity contribution in [3.05, 3.63) is 42.1 Å². The zero-order chi connectivity index (χ0) is 20.5. The number of hydrogen-bond donors (Lipinski definition) is 3. The van der Waals surface area contributed by atoms with E-state index < -0.39 is 6.98 Å². The van der Waals surface area contributed by atoms with E-state index >= 15 is 0 Å². The fraction of sp³-hybridized carbons (Fsp3) is 0.389. The van der Waals surface area contributed by atoms with Crippen molar-refractivity contribution < 1.29 is 4.11 Å². The molecule has 2 heterocycles. The van der Waals surface area contributed by atoms with Gasteiger partial charge in [-0.15, -0.1) is 0 Å². The first kappa shape index (κ1) is 13.6. The maximum absolute atomic E-state index is 7.69. The van der Waals surface area contributed by atoms with Gasteiger partial charge in [-0.05, 0) is 26.3 Å². The number of nitrogens with two attached hydrogens (primary N) is 1. The number of nitrogens with one attached hydrogen (secondary N) is 2. The maximum Gasteiger partial charge on any atom is 0.226 e. The lowest BCUT2D eigenvalue weighted by molar-refractivity contribution is 0.631. The van der Waals surface area contributed by atoms with E-state index in [2.05, 4.69) is 25.7 Å². The summed E-state index contributed by atoms with van der Waals surface area (Å²) in [5, 5.41) is 11.0. The van der Waals surface area contributed by atoms with Crippen molar-refractivity contribution in [2.75, 3.05) is 17.2 Å². The molecule has 0 amide bonds. The summed E-state index contributed by atoms with van der Waals surface area (Å²) in [5.41, 5.74) is 7.17. The summed E-state index contributed by atoms with van der Waals surface area (Å²) in [6, 6.07) is 9.43. The van der Waals surface area contributed by atoms with Crippen LogP contribution in [0.4, 0.5) is 11.8 Å². The van der Waals surface area contributed by atoms with Crippen LogP contribution in [0.2, 0.25) is 0 Å². The Kier molecular flexibility index (Phi) is 3.63. The van der Waals surface area contributed by atoms with Gasteiger partial charge in [-0.2, -0.15) is 15.1 Å². The first-order valence-electron chi connectivity index (χ1n) is 9.63. The van der Waals surface area contributed by atoms with E-state index in [-0.39, 0.29) is 23.2 Å². The van der Waals surface area contributed by atoms with Crippen LogP contribution in [0, 0.1) is 0 Å². The second-order valence-corrected chi connectivity index (χ2v) is 6.96. The molecule has 0 aliphatic heterocycles. The van der Waals surface area contributed by atoms with Gasteiger partial charge in [0.15, 0.2) is 5.65 Å². The van der Waals surface area contributed by atoms with Gasteiger partial charge in [-0.25, -0.2) is 0 Å². The molecule has 3 aromatic rings. The highest BCUT2D eigenvalue weighted by molar-refractivity contribution is 5.87. The van der Waals surface area contributed by atoms with Gasteiger partial charge in [0.25, 0.3) is 0 Å². The molecule has 0 spiro atoms. The molecule has 0 saturated carbocycles. The van der Waals surface area contributed by atoms with Crippen LogP contribution >= 0.6 is 0 Å². The van der Waals surface area contributed by atoms with Gasteiger partial charge in [0, 0.05) is 29.2 Å². The Morgan fingerprint density at radius 3 is 2.68 bits per heavy atom. The number of fused-ring (bicyclic) bond motifs is 1. The second-order valence-electron chi connectivity index (χ2n) is 6.96. The number of rotatable bonds is 5. The van der Waals surface area contributed by atoms with Crippen LogP contribution in [0.15, 0.2) is 36.5 Å². The Morgan fingerprint density at radius 1 is 1.24 bits per heavy atom. The maximum atomic E-state index is 7.69. The lowest BCUT2D eigenvalue weighted by atomic mass is 10.1. The van der Waals surface area contributed by atoms with Crippen LogP contribution in [0.5, 0.6) is 0 Å². The van der Waals surface area contributed by atoms with Gasteiger partial charge < -0.3 is 16.4 Å². The summed E-state index contributed by atoms with van der Waals surface area (Å²) in [6.07, 6.45) is 1.47. The average molecular weight is 342 g/mol. The minimum atomic E-state index is -2.44. The highest BCUT2D eigenvalue weighted by atomic mass is 15.3. The van der Waals surface area contributed by atoms with E-state index in [1.807, 2.05) is 51.1 Å². The number of anilines is 2. The Hall–Kier alpha value is -2.67. The third-order valence-electron chi connectivity index (χ3n) is 3.63. The van der Waals surface area contributed by atoms with Crippen LogP contribution in [-0.2, 0) is 6.98 Å². The van der Waals surface area contributed by atoms with E-state index in [4.69, 9.17) is 9.85 Å². The van der Waals surface area contributed by atoms with E-state index in [0.717, 1.165) is 10.2 Å². The molecule has 0 saturated heterocycles. The summed E-state index contributed by atoms with van der Waals surface area (Å²) >= 11 is 0. The lowest BCUT2D eigenvalue weighted by Gasteiger charge is -2.22. The zero-order valence-electron chi connectivity index (χ0n) is 17.6. The molecule has 4 N–H and O–H groups in total. The standard InChI is InChI=1S/C18H25N7/c1-18(2,3)24-15-13-10-21-25(4)16(13)23-17(22-15)20-11-14(19)12-8-6-5-7-9-12/h5-10,14H,11,19H2,1-4H3,(H2,20,22,23,24)/t14-/m0/s1/i4D3. The monoisotopic (exact) mass is 342 g/mol. The molecule has 0 aliphatic rings. The average Bonchev–Trinajstić information content (AvgIpc) is 3.04. The van der Waals surface area contributed by atoms with Crippen LogP contribution < -0.4 is 16.4 Å². The van der Waals surface area contributed by atoms with E-state index in [9.17, 15) is 0 Å². The molecular formula is C18H25N7. The summed E-state index contributed by atoms with van der Waals surface area (Å²) in [7, 11) is 0. The summed E-state index contributed by atoms with van der Waals surface area (Å²) in [4.78, 5) is 8.90. The van der Waals surface area contributed by atoms with Gasteiger partial charge in [-0.1, -0.05) is 30.3 Å². The summed E-state index contributed by atoms with van der Waals surface area (Å²) in [6.45, 7) is 3.94. The van der Waals surface area contributed by atoms with Crippen molar-refractivity contribution in [1.29, 1.82) is 0 Å². The minimum absolute atomic E-state index is 0.234. The SMILES string of the molecule is [2H]C([2H])([2H])n1ncc2c(NC(C)(C)C)nc(NC[C@H](N)c3ccccc3)nc21. The van der Waals surface area contributed by atoms with E-state index in [0.29, 0.717) is 17.7 Å². The van der Waals surface area contributed by atoms with Crippen molar-refractivity contribution in [3.63, 3.8) is 0 Å².